The molecule has 0 bridgehead atoms. The molecule has 5 N–H and O–H groups in total. The molecule has 0 fully saturated rings. The smallest absolute Gasteiger partial charge is 0.248 e. The van der Waals surface area contributed by atoms with Crippen LogP contribution in [0.25, 0.3) is 0 Å². The van der Waals surface area contributed by atoms with Crippen LogP contribution in [0, 0.1) is 0 Å². The van der Waals surface area contributed by atoms with Crippen LogP contribution in [0.5, 0.6) is 5.75 Å². The maximum atomic E-state index is 11.0. The van der Waals surface area contributed by atoms with Gasteiger partial charge in [0.25, 0.3) is 0 Å². The molecule has 2 aromatic rings. The number of nitrogens with two attached hydrogens (primary N) is 2. The van der Waals surface area contributed by atoms with E-state index in [1.165, 1.54) is 6.07 Å². The Hall–Kier alpha value is -2.53. The van der Waals surface area contributed by atoms with Crippen molar-refractivity contribution in [2.45, 2.75) is 13.2 Å². The van der Waals surface area contributed by atoms with Gasteiger partial charge in [-0.15, -0.1) is 0 Å². The number of primary amides is 1. The Morgan fingerprint density at radius 2 is 2.00 bits per heavy atom. The van der Waals surface area contributed by atoms with Gasteiger partial charge in [0.15, 0.2) is 0 Å². The van der Waals surface area contributed by atoms with Gasteiger partial charge in [-0.1, -0.05) is 18.2 Å². The minimum absolute atomic E-state index is 0.0351. The summed E-state index contributed by atoms with van der Waals surface area (Å²) in [6.07, 6.45) is 0. The van der Waals surface area contributed by atoms with E-state index in [0.717, 1.165) is 11.1 Å². The number of aliphatic hydroxyl groups excluding tert-OH is 1. The zero-order valence-corrected chi connectivity index (χ0v) is 10.9. The SMILES string of the molecule is NC(=O)c1ccc(COc2cccc(CO)c2)c(N)c1. The van der Waals surface area contributed by atoms with Crippen molar-refractivity contribution in [3.63, 3.8) is 0 Å². The molecule has 0 saturated carbocycles. The van der Waals surface area contributed by atoms with E-state index in [1.807, 2.05) is 6.07 Å². The third-order valence-corrected chi connectivity index (χ3v) is 2.91. The van der Waals surface area contributed by atoms with Crippen LogP contribution >= 0.6 is 0 Å². The van der Waals surface area contributed by atoms with Crippen molar-refractivity contribution in [3.05, 3.63) is 59.2 Å². The van der Waals surface area contributed by atoms with E-state index in [1.54, 1.807) is 30.3 Å². The third-order valence-electron chi connectivity index (χ3n) is 2.91. The molecule has 0 aliphatic carbocycles. The van der Waals surface area contributed by atoms with Crippen LogP contribution in [-0.4, -0.2) is 11.0 Å². The van der Waals surface area contributed by atoms with Crippen LogP contribution in [0.2, 0.25) is 0 Å². The Labute approximate surface area is 116 Å². The minimum atomic E-state index is -0.514. The lowest BCUT2D eigenvalue weighted by Gasteiger charge is -2.10. The maximum Gasteiger partial charge on any atom is 0.248 e. The van der Waals surface area contributed by atoms with Gasteiger partial charge in [-0.2, -0.15) is 0 Å². The van der Waals surface area contributed by atoms with Gasteiger partial charge in [0.05, 0.1) is 6.61 Å². The summed E-state index contributed by atoms with van der Waals surface area (Å²) < 4.78 is 5.61. The summed E-state index contributed by atoms with van der Waals surface area (Å²) >= 11 is 0. The number of rotatable bonds is 5. The quantitative estimate of drug-likeness (QED) is 0.717. The number of benzene rings is 2. The molecule has 0 atom stereocenters. The maximum absolute atomic E-state index is 11.0. The van der Waals surface area contributed by atoms with Crippen molar-refractivity contribution in [3.8, 4) is 5.75 Å². The van der Waals surface area contributed by atoms with Crippen molar-refractivity contribution in [2.24, 2.45) is 5.73 Å². The number of aliphatic hydroxyl groups is 1. The number of nitrogen functional groups attached to an aromatic ring is 1. The van der Waals surface area contributed by atoms with Crippen molar-refractivity contribution in [1.29, 1.82) is 0 Å². The van der Waals surface area contributed by atoms with E-state index in [9.17, 15) is 4.79 Å². The van der Waals surface area contributed by atoms with Crippen molar-refractivity contribution >= 4 is 11.6 Å². The highest BCUT2D eigenvalue weighted by atomic mass is 16.5. The molecule has 5 heteroatoms. The zero-order chi connectivity index (χ0) is 14.5. The van der Waals surface area contributed by atoms with Gasteiger partial charge in [-0.05, 0) is 29.8 Å². The molecule has 20 heavy (non-hydrogen) atoms. The third kappa shape index (κ3) is 3.27. The van der Waals surface area contributed by atoms with Gasteiger partial charge in [0.2, 0.25) is 5.91 Å². The summed E-state index contributed by atoms with van der Waals surface area (Å²) in [7, 11) is 0. The standard InChI is InChI=1S/C15H16N2O3/c16-14-7-11(15(17)19)4-5-12(14)9-20-13-3-1-2-10(6-13)8-18/h1-7,18H,8-9,16H2,(H2,17,19). The van der Waals surface area contributed by atoms with Crippen LogP contribution in [0.15, 0.2) is 42.5 Å². The number of carbonyl (C=O) groups excluding carboxylic acids is 1. The zero-order valence-electron chi connectivity index (χ0n) is 10.9. The fraction of sp³-hybridized carbons (Fsp3) is 0.133. The van der Waals surface area contributed by atoms with Crippen LogP contribution in [-0.2, 0) is 13.2 Å². The molecule has 0 heterocycles. The first kappa shape index (κ1) is 13.9. The molecule has 0 spiro atoms. The van der Waals surface area contributed by atoms with E-state index in [4.69, 9.17) is 21.3 Å². The van der Waals surface area contributed by atoms with Crippen LogP contribution in [0.4, 0.5) is 5.69 Å². The average molecular weight is 272 g/mol. The molecule has 5 nitrogen and oxygen atoms in total. The molecule has 0 aromatic heterocycles. The molecule has 0 aliphatic rings. The average Bonchev–Trinajstić information content (AvgIpc) is 2.46. The molecule has 0 saturated heterocycles. The molecule has 104 valence electrons. The van der Waals surface area contributed by atoms with Gasteiger partial charge < -0.3 is 21.3 Å². The number of carbonyl (C=O) groups is 1. The topological polar surface area (TPSA) is 98.6 Å². The summed E-state index contributed by atoms with van der Waals surface area (Å²) in [4.78, 5) is 11.0. The number of hydrogen-bond donors (Lipinski definition) is 3. The Bertz CT molecular complexity index is 626. The van der Waals surface area contributed by atoms with Gasteiger partial charge >= 0.3 is 0 Å². The molecular weight excluding hydrogens is 256 g/mol. The highest BCUT2D eigenvalue weighted by Crippen LogP contribution is 2.19. The molecule has 2 rings (SSSR count). The first-order chi connectivity index (χ1) is 9.60. The van der Waals surface area contributed by atoms with E-state index < -0.39 is 5.91 Å². The molecule has 2 aromatic carbocycles. The Kier molecular flexibility index (Phi) is 4.22. The molecular formula is C15H16N2O3. The molecule has 0 unspecified atom stereocenters. The lowest BCUT2D eigenvalue weighted by molar-refractivity contribution is 0.100. The van der Waals surface area contributed by atoms with Gasteiger partial charge in [0.1, 0.15) is 12.4 Å². The lowest BCUT2D eigenvalue weighted by Crippen LogP contribution is -2.12. The Morgan fingerprint density at radius 1 is 1.20 bits per heavy atom. The Morgan fingerprint density at radius 3 is 2.65 bits per heavy atom. The van der Waals surface area contributed by atoms with Crippen molar-refractivity contribution < 1.29 is 14.6 Å². The number of anilines is 1. The molecule has 1 amide bonds. The highest BCUT2D eigenvalue weighted by molar-refractivity contribution is 5.93. The second-order valence-electron chi connectivity index (χ2n) is 4.37. The minimum Gasteiger partial charge on any atom is -0.489 e. The van der Waals surface area contributed by atoms with Gasteiger partial charge in [-0.25, -0.2) is 0 Å². The largest absolute Gasteiger partial charge is 0.489 e. The first-order valence-electron chi connectivity index (χ1n) is 6.11. The summed E-state index contributed by atoms with van der Waals surface area (Å²) in [5.74, 6) is 0.134. The lowest BCUT2D eigenvalue weighted by atomic mass is 10.1. The van der Waals surface area contributed by atoms with Crippen molar-refractivity contribution in [2.75, 3.05) is 5.73 Å². The van der Waals surface area contributed by atoms with Gasteiger partial charge in [-0.3, -0.25) is 4.79 Å². The number of hydrogen-bond acceptors (Lipinski definition) is 4. The summed E-state index contributed by atoms with van der Waals surface area (Å²) in [5, 5.41) is 9.05. The predicted octanol–water partition coefficient (Wildman–Crippen LogP) is 1.44. The second-order valence-corrected chi connectivity index (χ2v) is 4.37. The summed E-state index contributed by atoms with van der Waals surface area (Å²) in [6.45, 7) is 0.242. The molecule has 0 aliphatic heterocycles. The first-order valence-corrected chi connectivity index (χ1v) is 6.11. The van der Waals surface area contributed by atoms with Crippen LogP contribution in [0.3, 0.4) is 0 Å². The van der Waals surface area contributed by atoms with E-state index in [-0.39, 0.29) is 13.2 Å². The fourth-order valence-electron chi connectivity index (χ4n) is 1.77. The summed E-state index contributed by atoms with van der Waals surface area (Å²) in [6, 6.07) is 12.0. The summed E-state index contributed by atoms with van der Waals surface area (Å²) in [5.41, 5.74) is 13.4. The van der Waals surface area contributed by atoms with E-state index in [2.05, 4.69) is 0 Å². The normalized spacial score (nSPS) is 10.2. The van der Waals surface area contributed by atoms with Gasteiger partial charge in [0, 0.05) is 16.8 Å². The molecule has 0 radical (unpaired) electrons. The Balaban J connectivity index is 2.08. The number of amides is 1. The van der Waals surface area contributed by atoms with E-state index in [0.29, 0.717) is 17.0 Å². The van der Waals surface area contributed by atoms with Crippen LogP contribution < -0.4 is 16.2 Å². The van der Waals surface area contributed by atoms with Crippen molar-refractivity contribution in [1.82, 2.24) is 0 Å². The second kappa shape index (κ2) is 6.08. The fourth-order valence-corrected chi connectivity index (χ4v) is 1.77. The highest BCUT2D eigenvalue weighted by Gasteiger charge is 2.06. The van der Waals surface area contributed by atoms with Crippen LogP contribution in [0.1, 0.15) is 21.5 Å². The predicted molar refractivity (Wildman–Crippen MR) is 76.1 cm³/mol. The monoisotopic (exact) mass is 272 g/mol. The van der Waals surface area contributed by atoms with E-state index >= 15 is 0 Å². The number of ether oxygens (including phenoxy) is 1.